The molecule has 0 aliphatic carbocycles. The van der Waals surface area contributed by atoms with E-state index < -0.39 is 15.4 Å². The molecule has 0 bridgehead atoms. The standard InChI is InChI=1S/C5H11NO3S.ClH/c7-10(8,9)5-2-1-3-6-4-5;/h5-6H,1-4H2,(H,7,8,9);1H. The number of nitrogens with one attached hydrogen (secondary N) is 1. The van der Waals surface area contributed by atoms with Crippen LogP contribution in [-0.4, -0.2) is 31.3 Å². The number of hydrogen-bond acceptors (Lipinski definition) is 3. The van der Waals surface area contributed by atoms with Gasteiger partial charge in [-0.05, 0) is 19.4 Å². The van der Waals surface area contributed by atoms with Gasteiger partial charge in [0, 0.05) is 6.54 Å². The molecular weight excluding hydrogens is 190 g/mol. The van der Waals surface area contributed by atoms with Gasteiger partial charge in [-0.1, -0.05) is 0 Å². The lowest BCUT2D eigenvalue weighted by Crippen LogP contribution is -2.38. The van der Waals surface area contributed by atoms with E-state index in [0.717, 1.165) is 13.0 Å². The first-order valence-corrected chi connectivity index (χ1v) is 4.78. The number of piperidine rings is 1. The minimum atomic E-state index is -3.79. The molecular formula is C5H12ClNO3S. The van der Waals surface area contributed by atoms with Crippen molar-refractivity contribution in [3.63, 3.8) is 0 Å². The first-order chi connectivity index (χ1) is 4.61. The first kappa shape index (κ1) is 11.2. The molecule has 1 aliphatic rings. The van der Waals surface area contributed by atoms with Gasteiger partial charge in [-0.2, -0.15) is 8.42 Å². The van der Waals surface area contributed by atoms with Crippen LogP contribution in [0.3, 0.4) is 0 Å². The maximum Gasteiger partial charge on any atom is 0.269 e. The summed E-state index contributed by atoms with van der Waals surface area (Å²) < 4.78 is 29.6. The summed E-state index contributed by atoms with van der Waals surface area (Å²) in [6.45, 7) is 1.24. The van der Waals surface area contributed by atoms with E-state index in [1.54, 1.807) is 0 Å². The number of hydrogen-bond donors (Lipinski definition) is 2. The highest BCUT2D eigenvalue weighted by molar-refractivity contribution is 7.86. The van der Waals surface area contributed by atoms with E-state index in [2.05, 4.69) is 5.32 Å². The van der Waals surface area contributed by atoms with Crippen LogP contribution in [0.5, 0.6) is 0 Å². The molecule has 1 saturated heterocycles. The summed E-state index contributed by atoms with van der Waals surface area (Å²) in [6.07, 6.45) is 1.40. The van der Waals surface area contributed by atoms with Crippen LogP contribution in [0.25, 0.3) is 0 Å². The second-order valence-corrected chi connectivity index (χ2v) is 4.18. The summed E-state index contributed by atoms with van der Waals surface area (Å²) in [7, 11) is -3.79. The first-order valence-electron chi connectivity index (χ1n) is 3.28. The molecule has 0 amide bonds. The fourth-order valence-corrected chi connectivity index (χ4v) is 1.87. The largest absolute Gasteiger partial charge is 0.315 e. The lowest BCUT2D eigenvalue weighted by Gasteiger charge is -2.19. The van der Waals surface area contributed by atoms with Gasteiger partial charge in [-0.25, -0.2) is 0 Å². The van der Waals surface area contributed by atoms with Crippen molar-refractivity contribution in [2.24, 2.45) is 0 Å². The third-order valence-corrected chi connectivity index (χ3v) is 2.92. The van der Waals surface area contributed by atoms with E-state index in [0.29, 0.717) is 13.0 Å². The molecule has 1 unspecified atom stereocenters. The minimum absolute atomic E-state index is 0. The molecule has 4 nitrogen and oxygen atoms in total. The van der Waals surface area contributed by atoms with Crippen molar-refractivity contribution >= 4 is 22.5 Å². The van der Waals surface area contributed by atoms with Gasteiger partial charge in [0.1, 0.15) is 0 Å². The van der Waals surface area contributed by atoms with E-state index in [1.165, 1.54) is 0 Å². The van der Waals surface area contributed by atoms with E-state index in [4.69, 9.17) is 4.55 Å². The molecule has 1 aliphatic heterocycles. The van der Waals surface area contributed by atoms with Gasteiger partial charge >= 0.3 is 0 Å². The zero-order chi connectivity index (χ0) is 7.61. The van der Waals surface area contributed by atoms with Crippen molar-refractivity contribution in [3.8, 4) is 0 Å². The third-order valence-electron chi connectivity index (χ3n) is 1.67. The van der Waals surface area contributed by atoms with Crippen LogP contribution in [0.15, 0.2) is 0 Å². The molecule has 2 N–H and O–H groups in total. The molecule has 0 saturated carbocycles. The Kier molecular flexibility index (Phi) is 4.31. The van der Waals surface area contributed by atoms with E-state index in [-0.39, 0.29) is 12.4 Å². The maximum atomic E-state index is 10.5. The Morgan fingerprint density at radius 3 is 2.36 bits per heavy atom. The topological polar surface area (TPSA) is 66.4 Å². The summed E-state index contributed by atoms with van der Waals surface area (Å²) in [5.74, 6) is 0. The zero-order valence-corrected chi connectivity index (χ0v) is 7.62. The SMILES string of the molecule is Cl.O=S(=O)(O)C1CCCNC1. The molecule has 0 aromatic carbocycles. The molecule has 0 aromatic rings. The maximum absolute atomic E-state index is 10.5. The fourth-order valence-electron chi connectivity index (χ4n) is 1.07. The molecule has 68 valence electrons. The minimum Gasteiger partial charge on any atom is -0.315 e. The smallest absolute Gasteiger partial charge is 0.269 e. The van der Waals surface area contributed by atoms with Crippen LogP contribution < -0.4 is 5.32 Å². The quantitative estimate of drug-likeness (QED) is 0.589. The van der Waals surface area contributed by atoms with Crippen molar-refractivity contribution < 1.29 is 13.0 Å². The van der Waals surface area contributed by atoms with Crippen LogP contribution in [-0.2, 0) is 10.1 Å². The molecule has 11 heavy (non-hydrogen) atoms. The lowest BCUT2D eigenvalue weighted by molar-refractivity contribution is 0.433. The monoisotopic (exact) mass is 201 g/mol. The van der Waals surface area contributed by atoms with Crippen LogP contribution in [0.2, 0.25) is 0 Å². The van der Waals surface area contributed by atoms with Crippen molar-refractivity contribution in [1.82, 2.24) is 5.32 Å². The molecule has 0 spiro atoms. The Hall–Kier alpha value is 0.160. The predicted octanol–water partition coefficient (Wildman–Crippen LogP) is 0.0480. The third kappa shape index (κ3) is 3.37. The molecule has 1 rings (SSSR count). The molecule has 1 heterocycles. The van der Waals surface area contributed by atoms with Crippen molar-refractivity contribution in [2.75, 3.05) is 13.1 Å². The number of halogens is 1. The molecule has 6 heteroatoms. The highest BCUT2D eigenvalue weighted by Crippen LogP contribution is 2.09. The summed E-state index contributed by atoms with van der Waals surface area (Å²) >= 11 is 0. The average molecular weight is 202 g/mol. The molecule has 1 fully saturated rings. The van der Waals surface area contributed by atoms with Gasteiger partial charge in [0.2, 0.25) is 0 Å². The van der Waals surface area contributed by atoms with Gasteiger partial charge < -0.3 is 5.32 Å². The van der Waals surface area contributed by atoms with Crippen LogP contribution >= 0.6 is 12.4 Å². The molecule has 0 aromatic heterocycles. The Morgan fingerprint density at radius 2 is 2.09 bits per heavy atom. The van der Waals surface area contributed by atoms with Gasteiger partial charge in [0.25, 0.3) is 10.1 Å². The summed E-state index contributed by atoms with van der Waals surface area (Å²) in [5, 5.41) is 2.32. The summed E-state index contributed by atoms with van der Waals surface area (Å²) in [4.78, 5) is 0. The molecule has 0 radical (unpaired) electrons. The normalized spacial score (nSPS) is 25.7. The highest BCUT2D eigenvalue weighted by Gasteiger charge is 2.24. The van der Waals surface area contributed by atoms with Crippen molar-refractivity contribution in [1.29, 1.82) is 0 Å². The Bertz CT molecular complexity index is 198. The van der Waals surface area contributed by atoms with Gasteiger partial charge in [0.15, 0.2) is 0 Å². The summed E-state index contributed by atoms with van der Waals surface area (Å²) in [5.41, 5.74) is 0. The van der Waals surface area contributed by atoms with Crippen LogP contribution in [0.1, 0.15) is 12.8 Å². The lowest BCUT2D eigenvalue weighted by atomic mass is 10.2. The van der Waals surface area contributed by atoms with E-state index in [9.17, 15) is 8.42 Å². The van der Waals surface area contributed by atoms with Crippen molar-refractivity contribution in [3.05, 3.63) is 0 Å². The zero-order valence-electron chi connectivity index (χ0n) is 5.99. The van der Waals surface area contributed by atoms with Gasteiger partial charge in [0.05, 0.1) is 5.25 Å². The second-order valence-electron chi connectivity index (χ2n) is 2.48. The predicted molar refractivity (Wildman–Crippen MR) is 44.7 cm³/mol. The van der Waals surface area contributed by atoms with E-state index in [1.807, 2.05) is 0 Å². The molecule has 1 atom stereocenters. The Morgan fingerprint density at radius 1 is 1.45 bits per heavy atom. The van der Waals surface area contributed by atoms with Crippen molar-refractivity contribution in [2.45, 2.75) is 18.1 Å². The Balaban J connectivity index is 0.000001000. The van der Waals surface area contributed by atoms with Crippen LogP contribution in [0, 0.1) is 0 Å². The van der Waals surface area contributed by atoms with E-state index >= 15 is 0 Å². The fraction of sp³-hybridized carbons (Fsp3) is 1.00. The number of rotatable bonds is 1. The van der Waals surface area contributed by atoms with Gasteiger partial charge in [-0.3, -0.25) is 4.55 Å². The Labute approximate surface area is 72.5 Å². The van der Waals surface area contributed by atoms with Crippen LogP contribution in [0.4, 0.5) is 0 Å². The summed E-state index contributed by atoms with van der Waals surface area (Å²) in [6, 6.07) is 0. The van der Waals surface area contributed by atoms with Gasteiger partial charge in [-0.15, -0.1) is 12.4 Å². The second kappa shape index (κ2) is 4.25. The highest BCUT2D eigenvalue weighted by atomic mass is 35.5. The average Bonchev–Trinajstić information content (AvgIpc) is 1.88.